The molecule has 84 valence electrons. The predicted octanol–water partition coefficient (Wildman–Crippen LogP) is 2.03. The Morgan fingerprint density at radius 2 is 2.31 bits per heavy atom. The maximum absolute atomic E-state index is 5.89. The van der Waals surface area contributed by atoms with E-state index in [-0.39, 0.29) is 13.2 Å². The molecule has 2 aliphatic heterocycles. The van der Waals surface area contributed by atoms with E-state index in [9.17, 15) is 0 Å². The fraction of sp³-hybridized carbons (Fsp3) is 0.455. The highest BCUT2D eigenvalue weighted by molar-refractivity contribution is 9.10. The zero-order chi connectivity index (χ0) is 11.1. The van der Waals surface area contributed by atoms with Gasteiger partial charge in [0.15, 0.2) is 0 Å². The lowest BCUT2D eigenvalue weighted by Crippen LogP contribution is -2.31. The minimum Gasteiger partial charge on any atom is -0.492 e. The van der Waals surface area contributed by atoms with E-state index in [0.29, 0.717) is 13.2 Å². The van der Waals surface area contributed by atoms with Crippen LogP contribution in [0.25, 0.3) is 0 Å². The van der Waals surface area contributed by atoms with Crippen LogP contribution in [0.5, 0.6) is 5.75 Å². The number of hydrogen-bond donors (Lipinski definition) is 0. The van der Waals surface area contributed by atoms with Gasteiger partial charge in [0.05, 0.1) is 12.7 Å². The fourth-order valence-corrected chi connectivity index (χ4v) is 2.90. The number of benzene rings is 1. The van der Waals surface area contributed by atoms with Gasteiger partial charge in [-0.3, -0.25) is 0 Å². The van der Waals surface area contributed by atoms with E-state index < -0.39 is 0 Å². The van der Waals surface area contributed by atoms with Crippen molar-refractivity contribution in [3.05, 3.63) is 22.2 Å². The van der Waals surface area contributed by atoms with Crippen LogP contribution in [0, 0.1) is 0 Å². The summed E-state index contributed by atoms with van der Waals surface area (Å²) in [6.45, 7) is 3.28. The fourth-order valence-electron chi connectivity index (χ4n) is 2.30. The van der Waals surface area contributed by atoms with E-state index in [1.54, 1.807) is 0 Å². The van der Waals surface area contributed by atoms with Crippen LogP contribution >= 0.6 is 15.9 Å². The molecule has 1 atom stereocenters. The lowest BCUT2D eigenvalue weighted by Gasteiger charge is -2.13. The zero-order valence-corrected chi connectivity index (χ0v) is 10.6. The molecule has 5 heteroatoms. The number of rotatable bonds is 1. The van der Waals surface area contributed by atoms with Crippen LogP contribution in [0.1, 0.15) is 25.0 Å². The molecule has 0 radical (unpaired) electrons. The molecule has 2 heterocycles. The van der Waals surface area contributed by atoms with Crippen molar-refractivity contribution < 1.29 is 14.0 Å². The molecule has 0 saturated heterocycles. The van der Waals surface area contributed by atoms with Gasteiger partial charge in [-0.15, -0.1) is 0 Å². The van der Waals surface area contributed by atoms with E-state index in [4.69, 9.17) is 14.0 Å². The van der Waals surface area contributed by atoms with Gasteiger partial charge in [0.25, 0.3) is 0 Å². The highest BCUT2D eigenvalue weighted by Crippen LogP contribution is 2.36. The second-order valence-corrected chi connectivity index (χ2v) is 4.81. The SMILES string of the molecule is CC[C@H]1OB2OCCOc3ccc(Br)c1c32. The molecule has 0 fully saturated rings. The van der Waals surface area contributed by atoms with Crippen molar-refractivity contribution in [1.82, 2.24) is 0 Å². The molecule has 1 aromatic rings. The lowest BCUT2D eigenvalue weighted by molar-refractivity contribution is 0.141. The summed E-state index contributed by atoms with van der Waals surface area (Å²) >= 11 is 3.58. The molecular formula is C11H12BBrO3. The first-order chi connectivity index (χ1) is 7.81. The molecule has 3 rings (SSSR count). The molecular weight excluding hydrogens is 271 g/mol. The Kier molecular flexibility index (Phi) is 2.69. The molecule has 0 bridgehead atoms. The zero-order valence-electron chi connectivity index (χ0n) is 9.03. The van der Waals surface area contributed by atoms with Crippen molar-refractivity contribution in [2.75, 3.05) is 13.2 Å². The Hall–Kier alpha value is -0.515. The smallest absolute Gasteiger partial charge is 0.492 e. The molecule has 0 aliphatic carbocycles. The molecule has 0 N–H and O–H groups in total. The van der Waals surface area contributed by atoms with Gasteiger partial charge in [0.2, 0.25) is 0 Å². The molecule has 1 aromatic carbocycles. The largest absolute Gasteiger partial charge is 0.498 e. The highest BCUT2D eigenvalue weighted by Gasteiger charge is 2.41. The monoisotopic (exact) mass is 282 g/mol. The number of ether oxygens (including phenoxy) is 1. The molecule has 2 aliphatic rings. The van der Waals surface area contributed by atoms with Gasteiger partial charge < -0.3 is 14.0 Å². The Bertz CT molecular complexity index is 424. The van der Waals surface area contributed by atoms with Crippen molar-refractivity contribution in [3.63, 3.8) is 0 Å². The summed E-state index contributed by atoms with van der Waals surface area (Å²) in [5.41, 5.74) is 2.26. The van der Waals surface area contributed by atoms with Gasteiger partial charge in [-0.05, 0) is 24.1 Å². The average Bonchev–Trinajstić information content (AvgIpc) is 2.55. The number of halogens is 1. The van der Waals surface area contributed by atoms with E-state index >= 15 is 0 Å². The first-order valence-electron chi connectivity index (χ1n) is 5.53. The van der Waals surface area contributed by atoms with Gasteiger partial charge in [-0.2, -0.15) is 0 Å². The Morgan fingerprint density at radius 1 is 1.44 bits per heavy atom. The normalized spacial score (nSPS) is 22.6. The summed E-state index contributed by atoms with van der Waals surface area (Å²) in [6.07, 6.45) is 1.05. The highest BCUT2D eigenvalue weighted by atomic mass is 79.9. The predicted molar refractivity (Wildman–Crippen MR) is 65.1 cm³/mol. The Balaban J connectivity index is 2.17. The van der Waals surface area contributed by atoms with Gasteiger partial charge in [0, 0.05) is 9.94 Å². The second-order valence-electron chi connectivity index (χ2n) is 3.96. The van der Waals surface area contributed by atoms with Gasteiger partial charge in [-0.25, -0.2) is 0 Å². The maximum atomic E-state index is 5.89. The van der Waals surface area contributed by atoms with Crippen LogP contribution in [0.15, 0.2) is 16.6 Å². The van der Waals surface area contributed by atoms with E-state index in [2.05, 4.69) is 22.9 Å². The number of hydrogen-bond acceptors (Lipinski definition) is 3. The van der Waals surface area contributed by atoms with Crippen LogP contribution in [0.4, 0.5) is 0 Å². The van der Waals surface area contributed by atoms with Crippen molar-refractivity contribution in [1.29, 1.82) is 0 Å². The van der Waals surface area contributed by atoms with Crippen molar-refractivity contribution in [3.8, 4) is 5.75 Å². The summed E-state index contributed by atoms with van der Waals surface area (Å²) in [6, 6.07) is 4.00. The standard InChI is InChI=1S/C11H12BBrO3/c1-2-8-10-7(13)3-4-9-11(10)12(16-8)15-6-5-14-9/h3-4,8H,2,5-6H2,1H3/t8-/m1/s1. The van der Waals surface area contributed by atoms with E-state index in [1.807, 2.05) is 12.1 Å². The third-order valence-corrected chi connectivity index (χ3v) is 3.71. The summed E-state index contributed by atoms with van der Waals surface area (Å²) < 4.78 is 18.3. The Labute approximate surface area is 103 Å². The summed E-state index contributed by atoms with van der Waals surface area (Å²) in [4.78, 5) is 0. The summed E-state index contributed by atoms with van der Waals surface area (Å²) in [5.74, 6) is 0.900. The van der Waals surface area contributed by atoms with E-state index in [0.717, 1.165) is 22.1 Å². The van der Waals surface area contributed by atoms with Gasteiger partial charge >= 0.3 is 7.12 Å². The van der Waals surface area contributed by atoms with Crippen LogP contribution in [-0.4, -0.2) is 20.3 Å². The van der Waals surface area contributed by atoms with Crippen LogP contribution < -0.4 is 10.2 Å². The van der Waals surface area contributed by atoms with Crippen molar-refractivity contribution in [2.24, 2.45) is 0 Å². The van der Waals surface area contributed by atoms with Crippen LogP contribution in [0.2, 0.25) is 0 Å². The molecule has 0 saturated carbocycles. The molecule has 0 unspecified atom stereocenters. The van der Waals surface area contributed by atoms with E-state index in [1.165, 1.54) is 5.56 Å². The molecule has 16 heavy (non-hydrogen) atoms. The molecule has 0 aromatic heterocycles. The minimum absolute atomic E-state index is 0.107. The second kappa shape index (κ2) is 4.06. The quantitative estimate of drug-likeness (QED) is 0.738. The lowest BCUT2D eigenvalue weighted by atomic mass is 9.78. The maximum Gasteiger partial charge on any atom is 0.498 e. The van der Waals surface area contributed by atoms with Crippen molar-refractivity contribution in [2.45, 2.75) is 19.4 Å². The van der Waals surface area contributed by atoms with Gasteiger partial charge in [0.1, 0.15) is 12.4 Å². The van der Waals surface area contributed by atoms with Gasteiger partial charge in [-0.1, -0.05) is 22.9 Å². The third-order valence-electron chi connectivity index (χ3n) is 3.02. The topological polar surface area (TPSA) is 27.7 Å². The molecule has 3 nitrogen and oxygen atoms in total. The van der Waals surface area contributed by atoms with Crippen LogP contribution in [-0.2, 0) is 9.31 Å². The summed E-state index contributed by atoms with van der Waals surface area (Å²) in [7, 11) is -0.255. The van der Waals surface area contributed by atoms with Crippen molar-refractivity contribution >= 4 is 28.5 Å². The molecule has 0 amide bonds. The first kappa shape index (κ1) is 10.6. The minimum atomic E-state index is -0.255. The van der Waals surface area contributed by atoms with Crippen LogP contribution in [0.3, 0.4) is 0 Å². The third kappa shape index (κ3) is 1.50. The first-order valence-corrected chi connectivity index (χ1v) is 6.32. The summed E-state index contributed by atoms with van der Waals surface area (Å²) in [5, 5.41) is 0. The molecule has 0 spiro atoms. The average molecular weight is 283 g/mol. The Morgan fingerprint density at radius 3 is 3.12 bits per heavy atom.